The maximum Gasteiger partial charge on any atom is 0.326 e. The maximum absolute atomic E-state index is 13.2. The summed E-state index contributed by atoms with van der Waals surface area (Å²) in [5.74, 6) is -2.11. The number of carboxylic acid groups (broad SMARTS) is 1. The van der Waals surface area contributed by atoms with Gasteiger partial charge in [0.2, 0.25) is 16.1 Å². The fourth-order valence-corrected chi connectivity index (χ4v) is 5.71. The van der Waals surface area contributed by atoms with Crippen LogP contribution in [0.25, 0.3) is 0 Å². The normalized spacial score (nSPS) is 16.8. The first-order valence-corrected chi connectivity index (χ1v) is 11.7. The quantitative estimate of drug-likeness (QED) is 0.624. The van der Waals surface area contributed by atoms with Crippen LogP contribution < -0.4 is 0 Å². The van der Waals surface area contributed by atoms with Gasteiger partial charge in [-0.15, -0.1) is 0 Å². The monoisotopic (exact) mass is 457 g/mol. The molecular weight excluding hydrogens is 434 g/mol. The number of hydrogen-bond donors (Lipinski definition) is 1. The molecule has 8 heteroatoms. The van der Waals surface area contributed by atoms with Gasteiger partial charge in [-0.3, -0.25) is 14.4 Å². The lowest BCUT2D eigenvalue weighted by Crippen LogP contribution is -2.44. The molecule has 0 bridgehead atoms. The van der Waals surface area contributed by atoms with Crippen molar-refractivity contribution in [3.8, 4) is 0 Å². The van der Waals surface area contributed by atoms with Crippen LogP contribution in [0.2, 0.25) is 0 Å². The van der Waals surface area contributed by atoms with Crippen LogP contribution in [0.5, 0.6) is 0 Å². The van der Waals surface area contributed by atoms with Gasteiger partial charge in [0.15, 0.2) is 0 Å². The molecule has 0 aromatic heterocycles. The van der Waals surface area contributed by atoms with E-state index < -0.39 is 22.5 Å². The van der Waals surface area contributed by atoms with Crippen LogP contribution in [0, 0.1) is 5.92 Å². The zero-order chi connectivity index (χ0) is 22.4. The van der Waals surface area contributed by atoms with E-state index in [0.29, 0.717) is 30.5 Å². The highest BCUT2D eigenvalue weighted by molar-refractivity contribution is 8.30. The van der Waals surface area contributed by atoms with E-state index in [1.807, 2.05) is 0 Å². The number of rotatable bonds is 7. The summed E-state index contributed by atoms with van der Waals surface area (Å²) in [7, 11) is 0. The molecule has 2 aromatic rings. The van der Waals surface area contributed by atoms with Gasteiger partial charge in [-0.05, 0) is 12.8 Å². The molecule has 0 aliphatic carbocycles. The zero-order valence-electron chi connectivity index (χ0n) is 17.0. The predicted molar refractivity (Wildman–Crippen MR) is 122 cm³/mol. The Morgan fingerprint density at radius 2 is 1.39 bits per heavy atom. The predicted octanol–water partition coefficient (Wildman–Crippen LogP) is 4.17. The highest BCUT2D eigenvalue weighted by atomic mass is 32.2. The molecule has 0 saturated carbocycles. The first-order valence-electron chi connectivity index (χ1n) is 9.94. The lowest BCUT2D eigenvalue weighted by atomic mass is 10.1. The van der Waals surface area contributed by atoms with Crippen LogP contribution in [-0.2, 0) is 9.59 Å². The highest BCUT2D eigenvalue weighted by Crippen LogP contribution is 2.37. The molecule has 1 aliphatic rings. The van der Waals surface area contributed by atoms with E-state index in [2.05, 4.69) is 0 Å². The molecule has 31 heavy (non-hydrogen) atoms. The van der Waals surface area contributed by atoms with E-state index in [1.165, 1.54) is 4.90 Å². The van der Waals surface area contributed by atoms with Gasteiger partial charge in [-0.2, -0.15) is 0 Å². The largest absolute Gasteiger partial charge is 0.480 e. The third-order valence-electron chi connectivity index (χ3n) is 5.08. The Hall–Kier alpha value is -2.58. The first kappa shape index (κ1) is 23.1. The van der Waals surface area contributed by atoms with Crippen LogP contribution in [0.3, 0.4) is 0 Å². The van der Waals surface area contributed by atoms with E-state index in [1.54, 1.807) is 67.6 Å². The van der Waals surface area contributed by atoms with Crippen LogP contribution in [0.1, 0.15) is 40.5 Å². The van der Waals surface area contributed by atoms with Crippen LogP contribution in [-0.4, -0.2) is 49.3 Å². The standard InChI is InChI=1S/C23H23NO5S2/c1-15(19(25)24-14-8-13-18(24)20(26)27)23(30-21(28)16-9-4-2-5-10-16)31-22(29)17-11-6-3-7-12-17/h2-7,9-12,15,18,23H,8,13-14H2,1H3,(H,26,27)/t15?,18-/m1/s1. The van der Waals surface area contributed by atoms with Gasteiger partial charge in [0.05, 0.1) is 10.5 Å². The van der Waals surface area contributed by atoms with E-state index in [-0.39, 0.29) is 16.1 Å². The summed E-state index contributed by atoms with van der Waals surface area (Å²) >= 11 is 1.87. The second-order valence-corrected chi connectivity index (χ2v) is 9.75. The Kier molecular flexibility index (Phi) is 7.92. The number of carboxylic acids is 1. The highest BCUT2D eigenvalue weighted by Gasteiger charge is 2.39. The second-order valence-electron chi connectivity index (χ2n) is 7.23. The molecule has 162 valence electrons. The van der Waals surface area contributed by atoms with Crippen molar-refractivity contribution in [2.75, 3.05) is 6.54 Å². The fraction of sp³-hybridized carbons (Fsp3) is 0.304. The molecular formula is C23H23NO5S2. The summed E-state index contributed by atoms with van der Waals surface area (Å²) in [6, 6.07) is 16.5. The lowest BCUT2D eigenvalue weighted by molar-refractivity contribution is -0.149. The van der Waals surface area contributed by atoms with Crippen molar-refractivity contribution in [3.63, 3.8) is 0 Å². The van der Waals surface area contributed by atoms with Crippen molar-refractivity contribution in [1.29, 1.82) is 0 Å². The molecule has 0 spiro atoms. The second kappa shape index (κ2) is 10.6. The number of carbonyl (C=O) groups is 4. The molecule has 2 aromatic carbocycles. The van der Waals surface area contributed by atoms with Gasteiger partial charge >= 0.3 is 5.97 Å². The molecule has 1 amide bonds. The molecule has 1 unspecified atom stereocenters. The van der Waals surface area contributed by atoms with Crippen LogP contribution in [0.15, 0.2) is 60.7 Å². The molecule has 1 heterocycles. The minimum Gasteiger partial charge on any atom is -0.480 e. The van der Waals surface area contributed by atoms with Crippen molar-refractivity contribution in [3.05, 3.63) is 71.8 Å². The number of nitrogens with zero attached hydrogens (tertiary/aromatic N) is 1. The number of carbonyl (C=O) groups excluding carboxylic acids is 3. The molecule has 6 nitrogen and oxygen atoms in total. The Morgan fingerprint density at radius 3 is 1.84 bits per heavy atom. The Bertz CT molecular complexity index is 897. The van der Waals surface area contributed by atoms with E-state index >= 15 is 0 Å². The summed E-state index contributed by atoms with van der Waals surface area (Å²) in [6.07, 6.45) is 1.02. The number of likely N-dealkylation sites (tertiary alicyclic amines) is 1. The number of amides is 1. The van der Waals surface area contributed by atoms with Gasteiger partial charge in [-0.1, -0.05) is 91.1 Å². The van der Waals surface area contributed by atoms with Crippen LogP contribution >= 0.6 is 23.5 Å². The number of benzene rings is 2. The molecule has 0 radical (unpaired) electrons. The average Bonchev–Trinajstić information content (AvgIpc) is 3.29. The maximum atomic E-state index is 13.2. The van der Waals surface area contributed by atoms with Gasteiger partial charge in [0.1, 0.15) is 6.04 Å². The number of hydrogen-bond acceptors (Lipinski definition) is 6. The topological polar surface area (TPSA) is 91.8 Å². The molecule has 1 N–H and O–H groups in total. The average molecular weight is 458 g/mol. The number of aliphatic carboxylic acids is 1. The van der Waals surface area contributed by atoms with Gasteiger partial charge in [0.25, 0.3) is 0 Å². The lowest BCUT2D eigenvalue weighted by Gasteiger charge is -2.28. The zero-order valence-corrected chi connectivity index (χ0v) is 18.6. The third-order valence-corrected chi connectivity index (χ3v) is 7.84. The third kappa shape index (κ3) is 5.77. The fourth-order valence-electron chi connectivity index (χ4n) is 3.39. The van der Waals surface area contributed by atoms with Crippen molar-refractivity contribution in [1.82, 2.24) is 4.90 Å². The summed E-state index contributed by atoms with van der Waals surface area (Å²) in [5, 5.41) is 8.95. The summed E-state index contributed by atoms with van der Waals surface area (Å²) in [6.45, 7) is 2.02. The van der Waals surface area contributed by atoms with Crippen molar-refractivity contribution in [2.45, 2.75) is 30.4 Å². The minimum atomic E-state index is -1.03. The van der Waals surface area contributed by atoms with Gasteiger partial charge < -0.3 is 10.0 Å². The minimum absolute atomic E-state index is 0.241. The Balaban J connectivity index is 1.81. The first-order chi connectivity index (χ1) is 14.9. The van der Waals surface area contributed by atoms with Gasteiger partial charge in [0, 0.05) is 17.7 Å². The summed E-state index contributed by atoms with van der Waals surface area (Å²) in [5.41, 5.74) is 0.962. The van der Waals surface area contributed by atoms with E-state index in [4.69, 9.17) is 0 Å². The molecule has 3 rings (SSSR count). The van der Waals surface area contributed by atoms with Crippen LogP contribution in [0.4, 0.5) is 0 Å². The van der Waals surface area contributed by atoms with Crippen molar-refractivity contribution in [2.24, 2.45) is 5.92 Å². The SMILES string of the molecule is CC(C(=O)N1CCC[C@@H]1C(=O)O)C(SC(=O)c1ccccc1)SC(=O)c1ccccc1. The molecule has 1 aliphatic heterocycles. The molecule has 1 saturated heterocycles. The van der Waals surface area contributed by atoms with Crippen molar-refractivity contribution >= 4 is 45.6 Å². The molecule has 2 atom stereocenters. The van der Waals surface area contributed by atoms with E-state index in [0.717, 1.165) is 23.5 Å². The summed E-state index contributed by atoms with van der Waals surface area (Å²) < 4.78 is -0.692. The van der Waals surface area contributed by atoms with Crippen molar-refractivity contribution < 1.29 is 24.3 Å². The van der Waals surface area contributed by atoms with Gasteiger partial charge in [-0.25, -0.2) is 4.79 Å². The molecule has 1 fully saturated rings. The Morgan fingerprint density at radius 1 is 0.903 bits per heavy atom. The van der Waals surface area contributed by atoms with E-state index in [9.17, 15) is 24.3 Å². The number of thioether (sulfide) groups is 2. The summed E-state index contributed by atoms with van der Waals surface area (Å²) in [4.78, 5) is 51.7. The smallest absolute Gasteiger partial charge is 0.326 e. The Labute approximate surface area is 189 Å².